The highest BCUT2D eigenvalue weighted by Crippen LogP contribution is 2.23. The Morgan fingerprint density at radius 1 is 1.00 bits per heavy atom. The van der Waals surface area contributed by atoms with Gasteiger partial charge >= 0.3 is 0 Å². The van der Waals surface area contributed by atoms with Crippen molar-refractivity contribution in [1.29, 1.82) is 0 Å². The Kier molecular flexibility index (Phi) is 6.16. The first-order valence-electron chi connectivity index (χ1n) is 7.35. The van der Waals surface area contributed by atoms with Gasteiger partial charge in [-0.1, -0.05) is 37.8 Å². The van der Waals surface area contributed by atoms with Crippen molar-refractivity contribution in [3.63, 3.8) is 0 Å². The number of furan rings is 1. The van der Waals surface area contributed by atoms with Crippen molar-refractivity contribution in [2.24, 2.45) is 0 Å². The fraction of sp³-hybridized carbons (Fsp3) is 0.412. The monoisotopic (exact) mass is 291 g/mol. The van der Waals surface area contributed by atoms with Crippen LogP contribution >= 0.6 is 11.6 Å². The number of rotatable bonds is 8. The van der Waals surface area contributed by atoms with Crippen molar-refractivity contribution in [2.45, 2.75) is 39.2 Å². The van der Waals surface area contributed by atoms with Crippen molar-refractivity contribution in [2.75, 3.05) is 6.54 Å². The molecule has 2 nitrogen and oxygen atoms in total. The van der Waals surface area contributed by atoms with E-state index in [1.807, 2.05) is 36.4 Å². The molecule has 0 aliphatic rings. The Hall–Kier alpha value is -1.25. The molecular formula is C17H22ClNO. The van der Waals surface area contributed by atoms with Crippen LogP contribution in [0.15, 0.2) is 40.8 Å². The molecule has 0 fully saturated rings. The summed E-state index contributed by atoms with van der Waals surface area (Å²) in [6, 6.07) is 11.8. The van der Waals surface area contributed by atoms with Crippen LogP contribution in [0.2, 0.25) is 5.02 Å². The van der Waals surface area contributed by atoms with Crippen LogP contribution in [0, 0.1) is 0 Å². The summed E-state index contributed by atoms with van der Waals surface area (Å²) in [6.45, 7) is 4.07. The van der Waals surface area contributed by atoms with Crippen molar-refractivity contribution in [1.82, 2.24) is 5.32 Å². The summed E-state index contributed by atoms with van der Waals surface area (Å²) < 4.78 is 5.83. The van der Waals surface area contributed by atoms with Gasteiger partial charge in [-0.15, -0.1) is 0 Å². The number of benzene rings is 1. The molecule has 0 amide bonds. The quantitative estimate of drug-likeness (QED) is 0.670. The van der Waals surface area contributed by atoms with Crippen molar-refractivity contribution < 1.29 is 4.42 Å². The average Bonchev–Trinajstić information content (AvgIpc) is 2.92. The van der Waals surface area contributed by atoms with Gasteiger partial charge in [-0.2, -0.15) is 0 Å². The Balaban J connectivity index is 1.79. The molecule has 0 atom stereocenters. The highest BCUT2D eigenvalue weighted by atomic mass is 35.5. The third-order valence-corrected chi connectivity index (χ3v) is 3.55. The molecule has 1 aromatic carbocycles. The lowest BCUT2D eigenvalue weighted by Gasteiger charge is -2.02. The molecular weight excluding hydrogens is 270 g/mol. The molecule has 108 valence electrons. The van der Waals surface area contributed by atoms with E-state index in [4.69, 9.17) is 16.0 Å². The second-order valence-electron chi connectivity index (χ2n) is 5.01. The van der Waals surface area contributed by atoms with E-state index in [1.54, 1.807) is 0 Å². The second kappa shape index (κ2) is 8.13. The van der Waals surface area contributed by atoms with Crippen LogP contribution in [-0.4, -0.2) is 6.54 Å². The maximum Gasteiger partial charge on any atom is 0.134 e. The summed E-state index contributed by atoms with van der Waals surface area (Å²) in [7, 11) is 0. The number of halogens is 1. The Labute approximate surface area is 126 Å². The molecule has 1 heterocycles. The lowest BCUT2D eigenvalue weighted by Crippen LogP contribution is -2.14. The third-order valence-electron chi connectivity index (χ3n) is 3.30. The van der Waals surface area contributed by atoms with Crippen LogP contribution in [0.1, 0.15) is 38.4 Å². The zero-order chi connectivity index (χ0) is 14.2. The fourth-order valence-corrected chi connectivity index (χ4v) is 2.26. The van der Waals surface area contributed by atoms with Crippen LogP contribution in [0.3, 0.4) is 0 Å². The number of nitrogens with one attached hydrogen (secondary N) is 1. The van der Waals surface area contributed by atoms with Gasteiger partial charge in [-0.3, -0.25) is 0 Å². The summed E-state index contributed by atoms with van der Waals surface area (Å²) >= 11 is 5.88. The molecule has 0 saturated heterocycles. The molecule has 0 bridgehead atoms. The maximum atomic E-state index is 5.88. The van der Waals surface area contributed by atoms with Crippen LogP contribution < -0.4 is 5.32 Å². The normalized spacial score (nSPS) is 10.9. The first kappa shape index (κ1) is 15.1. The number of hydrogen-bond donors (Lipinski definition) is 1. The predicted molar refractivity (Wildman–Crippen MR) is 85.0 cm³/mol. The summed E-state index contributed by atoms with van der Waals surface area (Å²) in [5.74, 6) is 1.87. The molecule has 3 heteroatoms. The van der Waals surface area contributed by atoms with E-state index < -0.39 is 0 Å². The lowest BCUT2D eigenvalue weighted by molar-refractivity contribution is 0.487. The smallest absolute Gasteiger partial charge is 0.134 e. The molecule has 20 heavy (non-hydrogen) atoms. The van der Waals surface area contributed by atoms with Gasteiger partial charge < -0.3 is 9.73 Å². The molecule has 0 aliphatic heterocycles. The third kappa shape index (κ3) is 4.69. The van der Waals surface area contributed by atoms with E-state index in [2.05, 4.69) is 12.2 Å². The van der Waals surface area contributed by atoms with E-state index in [9.17, 15) is 0 Å². The summed E-state index contributed by atoms with van der Waals surface area (Å²) in [5.41, 5.74) is 1.06. The molecule has 0 unspecified atom stereocenters. The van der Waals surface area contributed by atoms with Crippen molar-refractivity contribution in [3.8, 4) is 11.3 Å². The zero-order valence-electron chi connectivity index (χ0n) is 12.0. The first-order valence-corrected chi connectivity index (χ1v) is 7.73. The molecule has 0 spiro atoms. The van der Waals surface area contributed by atoms with E-state index in [-0.39, 0.29) is 0 Å². The average molecular weight is 292 g/mol. The van der Waals surface area contributed by atoms with E-state index >= 15 is 0 Å². The molecule has 0 aliphatic carbocycles. The molecule has 0 radical (unpaired) electrons. The summed E-state index contributed by atoms with van der Waals surface area (Å²) in [4.78, 5) is 0. The first-order chi connectivity index (χ1) is 9.79. The SMILES string of the molecule is CCCCCCNCc1ccc(-c2ccc(Cl)cc2)o1. The Morgan fingerprint density at radius 2 is 1.80 bits per heavy atom. The van der Waals surface area contributed by atoms with Crippen LogP contribution in [0.5, 0.6) is 0 Å². The second-order valence-corrected chi connectivity index (χ2v) is 5.45. The molecule has 2 aromatic rings. The highest BCUT2D eigenvalue weighted by Gasteiger charge is 2.04. The van der Waals surface area contributed by atoms with Gasteiger partial charge in [0.05, 0.1) is 6.54 Å². The summed E-state index contributed by atoms with van der Waals surface area (Å²) in [6.07, 6.45) is 5.14. The molecule has 1 N–H and O–H groups in total. The lowest BCUT2D eigenvalue weighted by atomic mass is 10.2. The van der Waals surface area contributed by atoms with Crippen LogP contribution in [0.25, 0.3) is 11.3 Å². The number of hydrogen-bond acceptors (Lipinski definition) is 2. The maximum absolute atomic E-state index is 5.88. The molecule has 0 saturated carbocycles. The minimum atomic E-state index is 0.745. The van der Waals surface area contributed by atoms with Gasteiger partial charge in [0.2, 0.25) is 0 Å². The van der Waals surface area contributed by atoms with Gasteiger partial charge in [0.1, 0.15) is 11.5 Å². The van der Waals surface area contributed by atoms with Gasteiger partial charge in [-0.25, -0.2) is 0 Å². The molecule has 1 aromatic heterocycles. The standard InChI is InChI=1S/C17H22ClNO/c1-2-3-4-5-12-19-13-16-10-11-17(20-16)14-6-8-15(18)9-7-14/h6-11,19H,2-5,12-13H2,1H3. The Morgan fingerprint density at radius 3 is 2.55 bits per heavy atom. The van der Waals surface area contributed by atoms with Crippen LogP contribution in [0.4, 0.5) is 0 Å². The molecule has 2 rings (SSSR count). The van der Waals surface area contributed by atoms with Gasteiger partial charge in [-0.05, 0) is 49.4 Å². The topological polar surface area (TPSA) is 25.2 Å². The largest absolute Gasteiger partial charge is 0.460 e. The van der Waals surface area contributed by atoms with Gasteiger partial charge in [0, 0.05) is 10.6 Å². The van der Waals surface area contributed by atoms with Gasteiger partial charge in [0.25, 0.3) is 0 Å². The van der Waals surface area contributed by atoms with Crippen molar-refractivity contribution >= 4 is 11.6 Å². The Bertz CT molecular complexity index is 504. The fourth-order valence-electron chi connectivity index (χ4n) is 2.13. The van der Waals surface area contributed by atoms with E-state index in [0.29, 0.717) is 0 Å². The zero-order valence-corrected chi connectivity index (χ0v) is 12.7. The minimum absolute atomic E-state index is 0.745. The minimum Gasteiger partial charge on any atom is -0.460 e. The van der Waals surface area contributed by atoms with Gasteiger partial charge in [0.15, 0.2) is 0 Å². The number of unbranched alkanes of at least 4 members (excludes halogenated alkanes) is 3. The van der Waals surface area contributed by atoms with Crippen molar-refractivity contribution in [3.05, 3.63) is 47.2 Å². The van der Waals surface area contributed by atoms with E-state index in [1.165, 1.54) is 25.7 Å². The van der Waals surface area contributed by atoms with Crippen LogP contribution in [-0.2, 0) is 6.54 Å². The summed E-state index contributed by atoms with van der Waals surface area (Å²) in [5, 5.41) is 4.16. The van der Waals surface area contributed by atoms with E-state index in [0.717, 1.165) is 35.2 Å². The predicted octanol–water partition coefficient (Wildman–Crippen LogP) is 5.27. The highest BCUT2D eigenvalue weighted by molar-refractivity contribution is 6.30.